The van der Waals surface area contributed by atoms with Gasteiger partial charge in [-0.15, -0.1) is 34.0 Å². The quantitative estimate of drug-likeness (QED) is 0.108. The van der Waals surface area contributed by atoms with Crippen LogP contribution in [0, 0.1) is 0 Å². The molecular formula is C106H69N5O2S3. The Hall–Kier alpha value is -14.5. The normalized spacial score (nSPS) is 11.6. The van der Waals surface area contributed by atoms with Crippen LogP contribution in [0.2, 0.25) is 0 Å². The summed E-state index contributed by atoms with van der Waals surface area (Å²) < 4.78 is 22.3. The minimum Gasteiger partial charge on any atom is -0.456 e. The molecule has 0 bridgehead atoms. The van der Waals surface area contributed by atoms with Crippen molar-refractivity contribution in [1.29, 1.82) is 0 Å². The van der Waals surface area contributed by atoms with Crippen LogP contribution in [0.4, 0.5) is 45.5 Å². The Morgan fingerprint density at radius 1 is 0.181 bits per heavy atom. The van der Waals surface area contributed by atoms with Crippen LogP contribution >= 0.6 is 34.0 Å². The van der Waals surface area contributed by atoms with Crippen molar-refractivity contribution in [3.63, 3.8) is 0 Å². The van der Waals surface area contributed by atoms with Crippen molar-refractivity contribution in [2.75, 3.05) is 21.3 Å². The monoisotopic (exact) mass is 1540 g/mol. The number of anilines is 8. The smallest absolute Gasteiger partial charge is 0.137 e. The standard InChI is InChI=1S/C30H20N2S.C30H19NO.C24H15NS2.C22H15NO/c1-2-8-22(9-3-1)32-27-12-6-4-10-23(27)26-18-20(15-17-28(26)32)31-21-14-16-25-24-11-5-7-13-29(24)33-30(25)19-21;1-2-9-23-21(7-1)22-8-3-4-10-24(22)27-17-19(13-15-25(23)27)31-20-14-16-30-28(18-20)26-11-5-6-12-29(26)32-30;1-3-7-21-17(5-1)19-11-9-16(14-24(19)27-21)25-15-10-12-23-20(13-15)18-6-2-4-8-22(18)26-23;1-2-8-17-15(6-1)7-5-10-20(17)23-16-12-13-19-18-9-3-4-11-21(18)24-22(19)14-16/h1-19,31H;1-18,31H;1-14,25H;1-14,23H. The molecule has 0 aliphatic rings. The van der Waals surface area contributed by atoms with Gasteiger partial charge in [0.2, 0.25) is 0 Å². The van der Waals surface area contributed by atoms with Gasteiger partial charge in [0.25, 0.3) is 0 Å². The predicted octanol–water partition coefficient (Wildman–Crippen LogP) is 32.3. The van der Waals surface area contributed by atoms with Gasteiger partial charge in [-0.2, -0.15) is 0 Å². The van der Waals surface area contributed by atoms with Gasteiger partial charge in [0.05, 0.1) is 11.0 Å². The molecule has 116 heavy (non-hydrogen) atoms. The van der Waals surface area contributed by atoms with Crippen LogP contribution in [-0.4, -0.2) is 4.57 Å². The number of hydrogen-bond donors (Lipinski definition) is 4. The highest BCUT2D eigenvalue weighted by atomic mass is 32.1. The molecule has 0 amide bonds. The minimum atomic E-state index is 0.904. The molecule has 0 saturated carbocycles. The highest BCUT2D eigenvalue weighted by molar-refractivity contribution is 7.26. The first-order chi connectivity index (χ1) is 57.4. The summed E-state index contributed by atoms with van der Waals surface area (Å²) in [5.41, 5.74) is 16.0. The van der Waals surface area contributed by atoms with Crippen molar-refractivity contribution in [1.82, 2.24) is 4.57 Å². The number of nitrogens with one attached hydrogen (secondary N) is 4. The fourth-order valence-electron chi connectivity index (χ4n) is 16.9. The summed E-state index contributed by atoms with van der Waals surface area (Å²) in [6, 6.07) is 139. The van der Waals surface area contributed by atoms with Gasteiger partial charge in [-0.25, -0.2) is 0 Å². The largest absolute Gasteiger partial charge is 0.456 e. The number of hydrogen-bond acceptors (Lipinski definition) is 9. The van der Waals surface area contributed by atoms with Crippen molar-refractivity contribution in [3.05, 3.63) is 394 Å². The van der Waals surface area contributed by atoms with Gasteiger partial charge >= 0.3 is 0 Å². The molecule has 0 unspecified atom stereocenters. The van der Waals surface area contributed by atoms with E-state index in [4.69, 9.17) is 8.83 Å². The first-order valence-corrected chi connectivity index (χ1v) is 41.4. The van der Waals surface area contributed by atoms with Crippen LogP contribution < -0.4 is 21.3 Å². The molecule has 25 aromatic rings. The van der Waals surface area contributed by atoms with Gasteiger partial charge in [-0.05, 0) is 195 Å². The van der Waals surface area contributed by atoms with Crippen LogP contribution in [0.25, 0.3) is 175 Å². The zero-order valence-electron chi connectivity index (χ0n) is 62.5. The summed E-state index contributed by atoms with van der Waals surface area (Å²) in [7, 11) is 0. The van der Waals surface area contributed by atoms with Crippen LogP contribution in [0.15, 0.2) is 403 Å². The van der Waals surface area contributed by atoms with Gasteiger partial charge in [0.1, 0.15) is 22.3 Å². The predicted molar refractivity (Wildman–Crippen MR) is 502 cm³/mol. The first-order valence-electron chi connectivity index (χ1n) is 39.0. The molecule has 0 radical (unpaired) electrons. The summed E-state index contributed by atoms with van der Waals surface area (Å²) in [6.07, 6.45) is 0. The summed E-state index contributed by atoms with van der Waals surface area (Å²) in [6.45, 7) is 0. The van der Waals surface area contributed by atoms with E-state index in [1.165, 1.54) is 131 Å². The molecule has 7 nitrogen and oxygen atoms in total. The van der Waals surface area contributed by atoms with Crippen LogP contribution in [0.3, 0.4) is 0 Å². The molecule has 4 N–H and O–H groups in total. The summed E-state index contributed by atoms with van der Waals surface area (Å²) >= 11 is 5.56. The second kappa shape index (κ2) is 28.9. The van der Waals surface area contributed by atoms with E-state index in [2.05, 4.69) is 384 Å². The second-order valence-corrected chi connectivity index (χ2v) is 32.6. The minimum absolute atomic E-state index is 0.904. The van der Waals surface area contributed by atoms with Crippen LogP contribution in [0.5, 0.6) is 0 Å². The lowest BCUT2D eigenvalue weighted by molar-refractivity contribution is 0.668. The summed E-state index contributed by atoms with van der Waals surface area (Å²) in [5.74, 6) is 0. The number of aromatic nitrogens is 1. The molecule has 6 heterocycles. The zero-order chi connectivity index (χ0) is 76.6. The highest BCUT2D eigenvalue weighted by Crippen LogP contribution is 2.44. The average Bonchev–Trinajstić information content (AvgIpc) is 1.55. The van der Waals surface area contributed by atoms with Gasteiger partial charge < -0.3 is 34.7 Å². The lowest BCUT2D eigenvalue weighted by Crippen LogP contribution is -1.93. The van der Waals surface area contributed by atoms with E-state index < -0.39 is 0 Å². The van der Waals surface area contributed by atoms with Crippen molar-refractivity contribution in [2.45, 2.75) is 0 Å². The molecule has 0 fully saturated rings. The summed E-state index contributed by atoms with van der Waals surface area (Å²) in [4.78, 5) is 0. The lowest BCUT2D eigenvalue weighted by atomic mass is 9.94. The van der Waals surface area contributed by atoms with Crippen LogP contribution in [0.1, 0.15) is 0 Å². The van der Waals surface area contributed by atoms with E-state index in [0.717, 1.165) is 89.4 Å². The molecular weight excluding hydrogens is 1470 g/mol. The van der Waals surface area contributed by atoms with Crippen LogP contribution in [-0.2, 0) is 0 Å². The van der Waals surface area contributed by atoms with E-state index >= 15 is 0 Å². The fourth-order valence-corrected chi connectivity index (χ4v) is 20.3. The third-order valence-electron chi connectivity index (χ3n) is 22.3. The van der Waals surface area contributed by atoms with E-state index in [1.54, 1.807) is 0 Å². The Labute approximate surface area is 678 Å². The Morgan fingerprint density at radius 2 is 0.534 bits per heavy atom. The maximum Gasteiger partial charge on any atom is 0.137 e. The molecule has 0 saturated heterocycles. The topological polar surface area (TPSA) is 79.3 Å². The molecule has 0 atom stereocenters. The van der Waals surface area contributed by atoms with E-state index in [-0.39, 0.29) is 0 Å². The average molecular weight is 1540 g/mol. The Morgan fingerprint density at radius 3 is 1.16 bits per heavy atom. The van der Waals surface area contributed by atoms with E-state index in [0.29, 0.717) is 0 Å². The SMILES string of the molecule is c1ccc(-n2c3ccccc3c3cc(Nc4ccc5c(c4)sc4ccccc45)ccc32)cc1.c1ccc2c(Nc3ccc4c(c3)oc3ccccc34)cccc2c1.c1ccc2c(c1)oc1ccc(Nc3ccc4c5ccccc5c5ccccc5c4c3)cc12.c1ccc2c(c1)sc1cc(Nc3ccc4sc5ccccc5c4c3)ccc12. The number of fused-ring (bicyclic) bond motifs is 25. The van der Waals surface area contributed by atoms with Crippen molar-refractivity contribution < 1.29 is 8.83 Å². The van der Waals surface area contributed by atoms with Gasteiger partial charge in [0, 0.05) is 155 Å². The van der Waals surface area contributed by atoms with Gasteiger partial charge in [-0.3, -0.25) is 0 Å². The van der Waals surface area contributed by atoms with Crippen molar-refractivity contribution in [2.24, 2.45) is 0 Å². The van der Waals surface area contributed by atoms with Gasteiger partial charge in [0.15, 0.2) is 0 Å². The number of nitrogens with zero attached hydrogens (tertiary/aromatic N) is 1. The molecule has 10 heteroatoms. The van der Waals surface area contributed by atoms with E-state index in [9.17, 15) is 0 Å². The first kappa shape index (κ1) is 68.3. The number of rotatable bonds is 9. The third kappa shape index (κ3) is 12.5. The number of para-hydroxylation sites is 4. The molecule has 25 rings (SSSR count). The molecule has 548 valence electrons. The second-order valence-electron chi connectivity index (χ2n) is 29.3. The Kier molecular flexibility index (Phi) is 17.0. The molecule has 0 aliphatic heterocycles. The molecule has 0 aliphatic carbocycles. The number of furan rings is 2. The fraction of sp³-hybridized carbons (Fsp3) is 0. The Balaban J connectivity index is 0.0000000945. The van der Waals surface area contributed by atoms with Gasteiger partial charge in [-0.1, -0.05) is 231 Å². The maximum absolute atomic E-state index is 5.98. The van der Waals surface area contributed by atoms with Crippen molar-refractivity contribution >= 4 is 249 Å². The number of benzene rings is 19. The Bertz CT molecular complexity index is 8110. The summed E-state index contributed by atoms with van der Waals surface area (Å²) in [5, 5.41) is 39.6. The molecule has 6 aromatic heterocycles. The maximum atomic E-state index is 5.98. The molecule has 0 spiro atoms. The van der Waals surface area contributed by atoms with E-state index in [1.807, 2.05) is 70.4 Å². The molecule has 19 aromatic carbocycles. The third-order valence-corrected chi connectivity index (χ3v) is 25.7. The highest BCUT2D eigenvalue weighted by Gasteiger charge is 2.17. The number of thiophene rings is 3. The van der Waals surface area contributed by atoms with Crippen molar-refractivity contribution in [3.8, 4) is 5.69 Å². The lowest BCUT2D eigenvalue weighted by Gasteiger charge is -2.13. The zero-order valence-corrected chi connectivity index (χ0v) is 65.0.